The first kappa shape index (κ1) is 26.1. The van der Waals surface area contributed by atoms with Crippen molar-refractivity contribution in [2.45, 2.75) is 70.3 Å². The van der Waals surface area contributed by atoms with Gasteiger partial charge in [-0.25, -0.2) is 8.78 Å². The van der Waals surface area contributed by atoms with E-state index in [1.807, 2.05) is 0 Å². The molecule has 0 saturated heterocycles. The predicted octanol–water partition coefficient (Wildman–Crippen LogP) is 4.40. The van der Waals surface area contributed by atoms with Gasteiger partial charge < -0.3 is 20.7 Å². The summed E-state index contributed by atoms with van der Waals surface area (Å²) in [5.41, 5.74) is 5.29. The first-order valence-corrected chi connectivity index (χ1v) is 9.50. The molecule has 4 N–H and O–H groups in total. The average Bonchev–Trinajstić information content (AvgIpc) is 2.65. The molecule has 0 amide bonds. The fourth-order valence-electron chi connectivity index (χ4n) is 2.72. The largest absolute Gasteiger partial charge is 0.493 e. The molecule has 0 saturated carbocycles. The number of aryl methyl sites for hydroxylation is 1. The van der Waals surface area contributed by atoms with Crippen molar-refractivity contribution in [3.8, 4) is 5.75 Å². The van der Waals surface area contributed by atoms with Crippen LogP contribution in [-0.2, 0) is 6.42 Å². The normalized spacial score (nSPS) is 11.5. The van der Waals surface area contributed by atoms with Crippen molar-refractivity contribution in [2.75, 3.05) is 19.8 Å². The number of alkyl halides is 2. The van der Waals surface area contributed by atoms with E-state index >= 15 is 0 Å². The summed E-state index contributed by atoms with van der Waals surface area (Å²) < 4.78 is 32.3. The van der Waals surface area contributed by atoms with Crippen molar-refractivity contribution < 1.29 is 23.7 Å². The zero-order valence-electron chi connectivity index (χ0n) is 16.1. The summed E-state index contributed by atoms with van der Waals surface area (Å²) >= 11 is 0. The van der Waals surface area contributed by atoms with Crippen LogP contribution >= 0.6 is 12.4 Å². The maximum atomic E-state index is 13.3. The molecule has 0 unspecified atom stereocenters. The maximum absolute atomic E-state index is 13.3. The number of aliphatic hydroxyl groups excluding tert-OH is 2. The number of ether oxygens (including phenoxy) is 1. The second-order valence-electron chi connectivity index (χ2n) is 6.97. The smallest absolute Gasteiger partial charge is 0.267 e. The average molecular weight is 410 g/mol. The third kappa shape index (κ3) is 9.70. The molecule has 7 heteroatoms. The second-order valence-corrected chi connectivity index (χ2v) is 6.97. The molecule has 0 heterocycles. The number of hydrogen-bond donors (Lipinski definition) is 3. The van der Waals surface area contributed by atoms with Gasteiger partial charge in [-0.3, -0.25) is 0 Å². The van der Waals surface area contributed by atoms with Crippen LogP contribution in [0.4, 0.5) is 8.78 Å². The van der Waals surface area contributed by atoms with Gasteiger partial charge in [0.1, 0.15) is 5.75 Å². The van der Waals surface area contributed by atoms with Gasteiger partial charge in [0.25, 0.3) is 6.43 Å². The molecule has 0 atom stereocenters. The lowest BCUT2D eigenvalue weighted by Crippen LogP contribution is -2.47. The molecule has 0 aromatic heterocycles. The highest BCUT2D eigenvalue weighted by molar-refractivity contribution is 5.85. The van der Waals surface area contributed by atoms with Gasteiger partial charge in [-0.15, -0.1) is 12.4 Å². The van der Waals surface area contributed by atoms with Crippen LogP contribution in [0.3, 0.4) is 0 Å². The van der Waals surface area contributed by atoms with Crippen molar-refractivity contribution in [2.24, 2.45) is 5.73 Å². The molecular formula is C20H34ClF2NO3. The Hall–Kier alpha value is -0.950. The Bertz CT molecular complexity index is 514. The highest BCUT2D eigenvalue weighted by atomic mass is 35.5. The van der Waals surface area contributed by atoms with E-state index in [0.29, 0.717) is 25.0 Å². The molecule has 0 fully saturated rings. The van der Waals surface area contributed by atoms with Gasteiger partial charge in [0.05, 0.1) is 30.9 Å². The number of hydrogen-bond acceptors (Lipinski definition) is 4. The van der Waals surface area contributed by atoms with Gasteiger partial charge in [-0.2, -0.15) is 0 Å². The van der Waals surface area contributed by atoms with Crippen molar-refractivity contribution in [1.29, 1.82) is 0 Å². The van der Waals surface area contributed by atoms with Gasteiger partial charge in [-0.1, -0.05) is 45.1 Å². The number of nitrogens with two attached hydrogens (primary N) is 1. The van der Waals surface area contributed by atoms with Crippen molar-refractivity contribution >= 4 is 12.4 Å². The Balaban J connectivity index is 0.00000676. The molecule has 1 aromatic carbocycles. The van der Waals surface area contributed by atoms with Gasteiger partial charge >= 0.3 is 0 Å². The lowest BCUT2D eigenvalue weighted by atomic mass is 9.93. The van der Waals surface area contributed by atoms with Gasteiger partial charge in [0.2, 0.25) is 0 Å². The standard InChI is InChI=1S/C20H33F2NO3.ClH/c1-2-3-4-5-6-7-12-26-18-9-8-16(13-17(18)19(21)22)10-11-20(23,14-24)15-25;/h8-9,13,19,24-25H,2-7,10-12,14-15,23H2,1H3;1H. The van der Waals surface area contributed by atoms with E-state index in [1.54, 1.807) is 12.1 Å². The Morgan fingerprint density at radius 1 is 1.07 bits per heavy atom. The van der Waals surface area contributed by atoms with Crippen LogP contribution < -0.4 is 10.5 Å². The molecule has 0 aliphatic rings. The summed E-state index contributed by atoms with van der Waals surface area (Å²) in [4.78, 5) is 0. The Morgan fingerprint density at radius 2 is 1.70 bits per heavy atom. The molecule has 0 aliphatic carbocycles. The quantitative estimate of drug-likeness (QED) is 0.398. The molecule has 1 rings (SSSR count). The van der Waals surface area contributed by atoms with Crippen LogP contribution in [-0.4, -0.2) is 35.6 Å². The molecule has 0 radical (unpaired) electrons. The van der Waals surface area contributed by atoms with E-state index in [9.17, 15) is 19.0 Å². The first-order chi connectivity index (χ1) is 12.5. The van der Waals surface area contributed by atoms with E-state index in [2.05, 4.69) is 6.92 Å². The minimum Gasteiger partial charge on any atom is -0.493 e. The van der Waals surface area contributed by atoms with Crippen LogP contribution in [0.15, 0.2) is 18.2 Å². The fourth-order valence-corrected chi connectivity index (χ4v) is 2.72. The lowest BCUT2D eigenvalue weighted by Gasteiger charge is -2.24. The predicted molar refractivity (Wildman–Crippen MR) is 107 cm³/mol. The lowest BCUT2D eigenvalue weighted by molar-refractivity contribution is 0.114. The van der Waals surface area contributed by atoms with E-state index in [-0.39, 0.29) is 36.9 Å². The van der Waals surface area contributed by atoms with Gasteiger partial charge in [0.15, 0.2) is 0 Å². The van der Waals surface area contributed by atoms with Crippen LogP contribution in [0.1, 0.15) is 69.4 Å². The molecule has 0 aliphatic heterocycles. The third-order valence-electron chi connectivity index (χ3n) is 4.61. The second kappa shape index (κ2) is 14.1. The molecule has 0 bridgehead atoms. The molecule has 27 heavy (non-hydrogen) atoms. The summed E-state index contributed by atoms with van der Waals surface area (Å²) in [5, 5.41) is 18.4. The zero-order chi connectivity index (χ0) is 19.4. The van der Waals surface area contributed by atoms with Gasteiger partial charge in [0, 0.05) is 0 Å². The molecule has 1 aromatic rings. The first-order valence-electron chi connectivity index (χ1n) is 9.50. The van der Waals surface area contributed by atoms with Crippen molar-refractivity contribution in [3.63, 3.8) is 0 Å². The molecule has 158 valence electrons. The number of halogens is 3. The van der Waals surface area contributed by atoms with E-state index in [1.165, 1.54) is 25.3 Å². The van der Waals surface area contributed by atoms with E-state index in [0.717, 1.165) is 19.3 Å². The summed E-state index contributed by atoms with van der Waals surface area (Å²) in [7, 11) is 0. The highest BCUT2D eigenvalue weighted by Gasteiger charge is 2.23. The minimum atomic E-state index is -2.62. The Kier molecular flexibility index (Phi) is 13.6. The van der Waals surface area contributed by atoms with Crippen LogP contribution in [0.2, 0.25) is 0 Å². The van der Waals surface area contributed by atoms with Crippen LogP contribution in [0.25, 0.3) is 0 Å². The Labute approximate surface area is 167 Å². The molecule has 4 nitrogen and oxygen atoms in total. The van der Waals surface area contributed by atoms with Crippen molar-refractivity contribution in [3.05, 3.63) is 29.3 Å². The number of rotatable bonds is 14. The van der Waals surface area contributed by atoms with E-state index in [4.69, 9.17) is 10.5 Å². The summed E-state index contributed by atoms with van der Waals surface area (Å²) in [6.07, 6.45) is 4.77. The number of benzene rings is 1. The van der Waals surface area contributed by atoms with Gasteiger partial charge in [-0.05, 0) is 37.0 Å². The van der Waals surface area contributed by atoms with Crippen LogP contribution in [0, 0.1) is 0 Å². The SMILES string of the molecule is CCCCCCCCOc1ccc(CCC(N)(CO)CO)cc1C(F)F.Cl. The topological polar surface area (TPSA) is 75.7 Å². The summed E-state index contributed by atoms with van der Waals surface area (Å²) in [6, 6.07) is 4.73. The molecular weight excluding hydrogens is 376 g/mol. The third-order valence-corrected chi connectivity index (χ3v) is 4.61. The molecule has 0 spiro atoms. The minimum absolute atomic E-state index is 0. The Morgan fingerprint density at radius 3 is 2.30 bits per heavy atom. The zero-order valence-corrected chi connectivity index (χ0v) is 16.9. The van der Waals surface area contributed by atoms with E-state index < -0.39 is 12.0 Å². The maximum Gasteiger partial charge on any atom is 0.267 e. The summed E-state index contributed by atoms with van der Waals surface area (Å²) in [5.74, 6) is 0.223. The summed E-state index contributed by atoms with van der Waals surface area (Å²) in [6.45, 7) is 1.89. The number of aliphatic hydroxyl groups is 2. The fraction of sp³-hybridized carbons (Fsp3) is 0.700. The number of unbranched alkanes of at least 4 members (excludes halogenated alkanes) is 5. The monoisotopic (exact) mass is 409 g/mol. The van der Waals surface area contributed by atoms with Crippen molar-refractivity contribution in [1.82, 2.24) is 0 Å². The highest BCUT2D eigenvalue weighted by Crippen LogP contribution is 2.31. The van der Waals surface area contributed by atoms with Crippen LogP contribution in [0.5, 0.6) is 5.75 Å².